The van der Waals surface area contributed by atoms with Crippen molar-refractivity contribution >= 4 is 15.9 Å². The number of hydrogen-bond donors (Lipinski definition) is 3. The van der Waals surface area contributed by atoms with E-state index in [9.17, 15) is 31.5 Å². The number of aliphatic hydroxyl groups is 1. The van der Waals surface area contributed by atoms with Gasteiger partial charge in [0.25, 0.3) is 0 Å². The minimum atomic E-state index is -4.56. The van der Waals surface area contributed by atoms with Gasteiger partial charge in [-0.2, -0.15) is 13.2 Å². The second-order valence-corrected chi connectivity index (χ2v) is 10.5. The number of ether oxygens (including phenoxy) is 1. The predicted molar refractivity (Wildman–Crippen MR) is 115 cm³/mol. The average molecular weight is 494 g/mol. The quantitative estimate of drug-likeness (QED) is 0.386. The van der Waals surface area contributed by atoms with Gasteiger partial charge in [-0.1, -0.05) is 12.5 Å². The van der Waals surface area contributed by atoms with E-state index in [4.69, 9.17) is 4.74 Å². The van der Waals surface area contributed by atoms with E-state index in [0.717, 1.165) is 18.9 Å². The highest BCUT2D eigenvalue weighted by atomic mass is 32.2. The van der Waals surface area contributed by atoms with Crippen molar-refractivity contribution in [1.82, 2.24) is 14.9 Å². The van der Waals surface area contributed by atoms with E-state index in [2.05, 4.69) is 10.0 Å². The third-order valence-electron chi connectivity index (χ3n) is 5.68. The van der Waals surface area contributed by atoms with E-state index in [1.165, 1.54) is 12.1 Å². The minimum absolute atomic E-state index is 0.109. The monoisotopic (exact) mass is 493 g/mol. The molecule has 1 aromatic rings. The molecule has 0 spiro atoms. The minimum Gasteiger partial charge on any atom is -0.493 e. The van der Waals surface area contributed by atoms with Gasteiger partial charge >= 0.3 is 6.18 Å². The maximum atomic E-state index is 13.3. The van der Waals surface area contributed by atoms with E-state index >= 15 is 0 Å². The number of halogens is 3. The first-order valence-corrected chi connectivity index (χ1v) is 12.7. The van der Waals surface area contributed by atoms with Crippen molar-refractivity contribution < 1.29 is 36.2 Å². The smallest absolute Gasteiger partial charge is 0.419 e. The third kappa shape index (κ3) is 7.83. The molecule has 1 saturated heterocycles. The molecule has 186 valence electrons. The van der Waals surface area contributed by atoms with Gasteiger partial charge in [0.2, 0.25) is 15.9 Å². The molecule has 2 aliphatic rings. The summed E-state index contributed by atoms with van der Waals surface area (Å²) in [5.41, 5.74) is -0.487. The zero-order valence-corrected chi connectivity index (χ0v) is 19.2. The van der Waals surface area contributed by atoms with Gasteiger partial charge < -0.3 is 15.2 Å². The number of sulfonamides is 1. The van der Waals surface area contributed by atoms with Crippen molar-refractivity contribution in [2.75, 3.05) is 25.4 Å². The highest BCUT2D eigenvalue weighted by Gasteiger charge is 2.35. The molecule has 1 aliphatic carbocycles. The molecule has 8 nitrogen and oxygen atoms in total. The van der Waals surface area contributed by atoms with Crippen LogP contribution in [0.3, 0.4) is 0 Å². The summed E-state index contributed by atoms with van der Waals surface area (Å²) in [5.74, 6) is -0.401. The fourth-order valence-corrected chi connectivity index (χ4v) is 4.96. The van der Waals surface area contributed by atoms with Crippen LogP contribution >= 0.6 is 0 Å². The molecule has 3 N–H and O–H groups in total. The van der Waals surface area contributed by atoms with Crippen LogP contribution in [0.1, 0.15) is 56.2 Å². The molecule has 1 heterocycles. The molecule has 12 heteroatoms. The normalized spacial score (nSPS) is 20.6. The van der Waals surface area contributed by atoms with E-state index in [1.807, 2.05) is 0 Å². The Hall–Kier alpha value is -1.89. The van der Waals surface area contributed by atoms with Crippen LogP contribution in [-0.4, -0.2) is 56.1 Å². The van der Waals surface area contributed by atoms with Crippen LogP contribution < -0.4 is 14.8 Å². The summed E-state index contributed by atoms with van der Waals surface area (Å²) in [5, 5.41) is 12.0. The van der Waals surface area contributed by atoms with Gasteiger partial charge in [0.05, 0.1) is 24.5 Å². The molecule has 1 unspecified atom stereocenters. The zero-order chi connectivity index (χ0) is 24.2. The van der Waals surface area contributed by atoms with Crippen molar-refractivity contribution in [3.63, 3.8) is 0 Å². The molecule has 1 amide bonds. The zero-order valence-electron chi connectivity index (χ0n) is 18.4. The summed E-state index contributed by atoms with van der Waals surface area (Å²) in [4.78, 5) is 12.8. The molecule has 1 aromatic carbocycles. The topological polar surface area (TPSA) is 108 Å². The first-order chi connectivity index (χ1) is 15.4. The van der Waals surface area contributed by atoms with Crippen molar-refractivity contribution in [2.45, 2.75) is 57.6 Å². The summed E-state index contributed by atoms with van der Waals surface area (Å²) in [6.07, 6.45) is -2.14. The highest BCUT2D eigenvalue weighted by molar-refractivity contribution is 7.89. The molecule has 0 radical (unpaired) electrons. The lowest BCUT2D eigenvalue weighted by atomic mass is 10.1. The van der Waals surface area contributed by atoms with Gasteiger partial charge in [-0.05, 0) is 56.2 Å². The lowest BCUT2D eigenvalue weighted by Gasteiger charge is -2.19. The van der Waals surface area contributed by atoms with Crippen LogP contribution in [0.25, 0.3) is 0 Å². The van der Waals surface area contributed by atoms with Crippen LogP contribution in [0.4, 0.5) is 13.2 Å². The maximum Gasteiger partial charge on any atom is 0.419 e. The number of hydrogen-bond acceptors (Lipinski definition) is 6. The Morgan fingerprint density at radius 2 is 2.00 bits per heavy atom. The molecular weight excluding hydrogens is 463 g/mol. The van der Waals surface area contributed by atoms with Gasteiger partial charge in [0.15, 0.2) is 6.35 Å². The van der Waals surface area contributed by atoms with Gasteiger partial charge in [-0.25, -0.2) is 13.1 Å². The maximum absolute atomic E-state index is 13.3. The molecule has 2 atom stereocenters. The largest absolute Gasteiger partial charge is 0.493 e. The van der Waals surface area contributed by atoms with Gasteiger partial charge in [-0.3, -0.25) is 9.69 Å². The molecule has 1 saturated carbocycles. The number of alkyl halides is 3. The predicted octanol–water partition coefficient (Wildman–Crippen LogP) is 2.35. The first kappa shape index (κ1) is 25.7. The number of rotatable bonds is 12. The molecule has 33 heavy (non-hydrogen) atoms. The number of carbonyl (C=O) groups is 1. The number of nitrogens with zero attached hydrogens (tertiary/aromatic N) is 1. The molecular formula is C21H30F3N3O5S. The highest BCUT2D eigenvalue weighted by Crippen LogP contribution is 2.39. The fraction of sp³-hybridized carbons (Fsp3) is 0.667. The van der Waals surface area contributed by atoms with E-state index in [-0.39, 0.29) is 36.5 Å². The Kier molecular flexibility index (Phi) is 8.25. The fourth-order valence-electron chi connectivity index (χ4n) is 3.59. The average Bonchev–Trinajstić information content (AvgIpc) is 3.48. The Bertz CT molecular complexity index is 938. The summed E-state index contributed by atoms with van der Waals surface area (Å²) in [6.45, 7) is 2.35. The lowest BCUT2D eigenvalue weighted by Crippen LogP contribution is -2.36. The van der Waals surface area contributed by atoms with Crippen LogP contribution in [0, 0.1) is 5.92 Å². The second kappa shape index (κ2) is 10.6. The number of aliphatic hydroxyl groups excluding tert-OH is 1. The Morgan fingerprint density at radius 1 is 1.27 bits per heavy atom. The van der Waals surface area contributed by atoms with E-state index < -0.39 is 34.2 Å². The van der Waals surface area contributed by atoms with Crippen LogP contribution in [-0.2, 0) is 21.0 Å². The lowest BCUT2D eigenvalue weighted by molar-refractivity contribution is -0.139. The molecule has 0 bridgehead atoms. The SMILES string of the molecule is C[C@@H](NS(=O)(=O)CCCCCN1CC(=O)NC1O)c1ccc(C(F)(F)F)c(OCC2CC2)c1. The molecule has 0 aromatic heterocycles. The molecule has 1 aliphatic heterocycles. The van der Waals surface area contributed by atoms with E-state index in [0.29, 0.717) is 31.4 Å². The summed E-state index contributed by atoms with van der Waals surface area (Å²) < 4.78 is 72.7. The van der Waals surface area contributed by atoms with Crippen LogP contribution in [0.5, 0.6) is 5.75 Å². The first-order valence-electron chi connectivity index (χ1n) is 11.0. The molecule has 2 fully saturated rings. The van der Waals surface area contributed by atoms with Crippen molar-refractivity contribution in [3.8, 4) is 5.75 Å². The number of amides is 1. The molecule has 3 rings (SSSR count). The standard InChI is InChI=1S/C21H30F3N3O5S/c1-14(16-7-8-17(21(22,23)24)18(11-16)32-13-15-5-6-15)26-33(30,31)10-4-2-3-9-27-12-19(28)25-20(27)29/h7-8,11,14-15,20,26,29H,2-6,9-10,12-13H2,1H3,(H,25,28)/t14-,20?/m1/s1. The van der Waals surface area contributed by atoms with Crippen molar-refractivity contribution in [2.24, 2.45) is 5.92 Å². The number of benzene rings is 1. The van der Waals surface area contributed by atoms with Gasteiger partial charge in [0.1, 0.15) is 5.75 Å². The number of nitrogens with one attached hydrogen (secondary N) is 2. The number of carbonyl (C=O) groups excluding carboxylic acids is 1. The Balaban J connectivity index is 1.50. The summed E-state index contributed by atoms with van der Waals surface area (Å²) in [6, 6.07) is 2.72. The third-order valence-corrected chi connectivity index (χ3v) is 7.22. The Morgan fingerprint density at radius 3 is 2.61 bits per heavy atom. The van der Waals surface area contributed by atoms with Crippen LogP contribution in [0.2, 0.25) is 0 Å². The van der Waals surface area contributed by atoms with Gasteiger partial charge in [0, 0.05) is 12.6 Å². The van der Waals surface area contributed by atoms with E-state index in [1.54, 1.807) is 11.8 Å². The van der Waals surface area contributed by atoms with Gasteiger partial charge in [-0.15, -0.1) is 0 Å². The number of unbranched alkanes of at least 4 members (excludes halogenated alkanes) is 2. The Labute approximate surface area is 191 Å². The van der Waals surface area contributed by atoms with Crippen molar-refractivity contribution in [3.05, 3.63) is 29.3 Å². The summed E-state index contributed by atoms with van der Waals surface area (Å²) >= 11 is 0. The second-order valence-electron chi connectivity index (χ2n) is 8.64. The summed E-state index contributed by atoms with van der Waals surface area (Å²) in [7, 11) is -3.66. The van der Waals surface area contributed by atoms with Crippen molar-refractivity contribution in [1.29, 1.82) is 0 Å². The van der Waals surface area contributed by atoms with Crippen LogP contribution in [0.15, 0.2) is 18.2 Å².